The van der Waals surface area contributed by atoms with Crippen LogP contribution in [-0.2, 0) is 14.8 Å². The summed E-state index contributed by atoms with van der Waals surface area (Å²) in [6.45, 7) is 1.63. The molecule has 0 aliphatic carbocycles. The number of benzene rings is 2. The van der Waals surface area contributed by atoms with Crippen LogP contribution in [0, 0.1) is 0 Å². The Morgan fingerprint density at radius 2 is 1.75 bits per heavy atom. The minimum Gasteiger partial charge on any atom is -0.481 e. The molecule has 24 heavy (non-hydrogen) atoms. The second-order valence-electron chi connectivity index (χ2n) is 5.38. The zero-order chi connectivity index (χ0) is 17.7. The van der Waals surface area contributed by atoms with Gasteiger partial charge in [0.25, 0.3) is 5.91 Å². The van der Waals surface area contributed by atoms with Crippen molar-refractivity contribution in [2.75, 3.05) is 19.4 Å². The average molecular weight is 348 g/mol. The smallest absolute Gasteiger partial charge is 0.265 e. The Morgan fingerprint density at radius 1 is 1.08 bits per heavy atom. The van der Waals surface area contributed by atoms with Crippen molar-refractivity contribution >= 4 is 21.6 Å². The average Bonchev–Trinajstić information content (AvgIpc) is 2.55. The Balaban J connectivity index is 2.09. The summed E-state index contributed by atoms with van der Waals surface area (Å²) in [5, 5.41) is 2.67. The van der Waals surface area contributed by atoms with E-state index >= 15 is 0 Å². The first-order valence-corrected chi connectivity index (χ1v) is 8.80. The van der Waals surface area contributed by atoms with Gasteiger partial charge in [-0.1, -0.05) is 24.3 Å². The van der Waals surface area contributed by atoms with Crippen LogP contribution in [0.2, 0.25) is 0 Å². The molecule has 128 valence electrons. The molecule has 0 unspecified atom stereocenters. The molecule has 0 aliphatic heterocycles. The van der Waals surface area contributed by atoms with E-state index in [1.807, 2.05) is 18.2 Å². The van der Waals surface area contributed by atoms with Gasteiger partial charge in [0.1, 0.15) is 5.75 Å². The van der Waals surface area contributed by atoms with Crippen LogP contribution >= 0.6 is 0 Å². The molecule has 0 spiro atoms. The molecule has 0 bridgehead atoms. The fourth-order valence-electron chi connectivity index (χ4n) is 1.95. The minimum atomic E-state index is -3.55. The molecule has 0 aromatic heterocycles. The van der Waals surface area contributed by atoms with E-state index in [1.165, 1.54) is 26.2 Å². The normalized spacial score (nSPS) is 12.7. The zero-order valence-electron chi connectivity index (χ0n) is 13.8. The molecule has 1 amide bonds. The topological polar surface area (TPSA) is 75.7 Å². The molecule has 2 rings (SSSR count). The van der Waals surface area contributed by atoms with Crippen molar-refractivity contribution in [3.8, 4) is 5.75 Å². The quantitative estimate of drug-likeness (QED) is 0.869. The summed E-state index contributed by atoms with van der Waals surface area (Å²) < 4.78 is 30.9. The van der Waals surface area contributed by atoms with Gasteiger partial charge in [-0.15, -0.1) is 0 Å². The molecule has 0 radical (unpaired) electrons. The van der Waals surface area contributed by atoms with E-state index in [2.05, 4.69) is 5.32 Å². The van der Waals surface area contributed by atoms with E-state index in [9.17, 15) is 13.2 Å². The fraction of sp³-hybridized carbons (Fsp3) is 0.235. The number of hydrogen-bond acceptors (Lipinski definition) is 4. The van der Waals surface area contributed by atoms with Crippen molar-refractivity contribution in [2.45, 2.75) is 17.9 Å². The maximum atomic E-state index is 12.2. The highest BCUT2D eigenvalue weighted by molar-refractivity contribution is 7.89. The predicted molar refractivity (Wildman–Crippen MR) is 92.5 cm³/mol. The number of carbonyl (C=O) groups excluding carboxylic acids is 1. The number of anilines is 1. The second-order valence-corrected chi connectivity index (χ2v) is 7.53. The van der Waals surface area contributed by atoms with Crippen LogP contribution in [0.3, 0.4) is 0 Å². The van der Waals surface area contributed by atoms with Crippen LogP contribution in [0.5, 0.6) is 5.75 Å². The lowest BCUT2D eigenvalue weighted by molar-refractivity contribution is -0.122. The molecule has 6 nitrogen and oxygen atoms in total. The number of sulfonamides is 1. The lowest BCUT2D eigenvalue weighted by Gasteiger charge is -2.16. The van der Waals surface area contributed by atoms with Crippen molar-refractivity contribution in [3.63, 3.8) is 0 Å². The van der Waals surface area contributed by atoms with Gasteiger partial charge in [-0.25, -0.2) is 12.7 Å². The van der Waals surface area contributed by atoms with E-state index < -0.39 is 16.1 Å². The lowest BCUT2D eigenvalue weighted by atomic mass is 10.3. The number of ether oxygens (including phenoxy) is 1. The summed E-state index contributed by atoms with van der Waals surface area (Å²) in [6.07, 6.45) is -0.721. The van der Waals surface area contributed by atoms with Crippen molar-refractivity contribution in [2.24, 2.45) is 0 Å². The van der Waals surface area contributed by atoms with Crippen molar-refractivity contribution in [3.05, 3.63) is 54.6 Å². The predicted octanol–water partition coefficient (Wildman–Crippen LogP) is 2.34. The first kappa shape index (κ1) is 18.0. The molecule has 0 saturated heterocycles. The zero-order valence-corrected chi connectivity index (χ0v) is 14.6. The molecule has 0 heterocycles. The third-order valence-corrected chi connectivity index (χ3v) is 5.12. The van der Waals surface area contributed by atoms with E-state index in [0.29, 0.717) is 11.4 Å². The first-order chi connectivity index (χ1) is 11.3. The number of nitrogens with zero attached hydrogens (tertiary/aromatic N) is 1. The van der Waals surface area contributed by atoms with E-state index in [0.717, 1.165) is 4.31 Å². The van der Waals surface area contributed by atoms with Gasteiger partial charge in [0, 0.05) is 19.8 Å². The first-order valence-electron chi connectivity index (χ1n) is 7.36. The van der Waals surface area contributed by atoms with Gasteiger partial charge in [-0.05, 0) is 37.3 Å². The maximum absolute atomic E-state index is 12.2. The molecular weight excluding hydrogens is 328 g/mol. The number of rotatable bonds is 6. The summed E-state index contributed by atoms with van der Waals surface area (Å²) in [4.78, 5) is 12.3. The molecule has 0 aliphatic rings. The molecule has 1 N–H and O–H groups in total. The molecule has 0 saturated carbocycles. The Hall–Kier alpha value is -2.38. The molecule has 0 fully saturated rings. The fourth-order valence-corrected chi connectivity index (χ4v) is 2.89. The highest BCUT2D eigenvalue weighted by atomic mass is 32.2. The summed E-state index contributed by atoms with van der Waals surface area (Å²) >= 11 is 0. The Morgan fingerprint density at radius 3 is 2.38 bits per heavy atom. The van der Waals surface area contributed by atoms with Crippen LogP contribution in [0.1, 0.15) is 6.92 Å². The molecule has 2 aromatic rings. The highest BCUT2D eigenvalue weighted by Gasteiger charge is 2.19. The molecule has 2 aromatic carbocycles. The number of carbonyl (C=O) groups is 1. The maximum Gasteiger partial charge on any atom is 0.265 e. The second kappa shape index (κ2) is 7.46. The van der Waals surface area contributed by atoms with Crippen molar-refractivity contribution < 1.29 is 17.9 Å². The monoisotopic (exact) mass is 348 g/mol. The highest BCUT2D eigenvalue weighted by Crippen LogP contribution is 2.18. The number of para-hydroxylation sites is 1. The van der Waals surface area contributed by atoms with Gasteiger partial charge >= 0.3 is 0 Å². The van der Waals surface area contributed by atoms with E-state index in [4.69, 9.17) is 4.74 Å². The van der Waals surface area contributed by atoms with Gasteiger partial charge in [-0.3, -0.25) is 4.79 Å². The van der Waals surface area contributed by atoms with Crippen LogP contribution in [0.15, 0.2) is 59.5 Å². The summed E-state index contributed by atoms with van der Waals surface area (Å²) in [7, 11) is -0.644. The standard InChI is InChI=1S/C17H20N2O4S/c1-13(23-15-9-5-4-6-10-15)17(20)18-14-8-7-11-16(12-14)24(21,22)19(2)3/h4-13H,1-3H3,(H,18,20)/t13-/m1/s1. The summed E-state index contributed by atoms with van der Waals surface area (Å²) in [5.74, 6) is 0.224. The van der Waals surface area contributed by atoms with Crippen LogP contribution in [-0.4, -0.2) is 38.8 Å². The number of hydrogen-bond donors (Lipinski definition) is 1. The third-order valence-electron chi connectivity index (χ3n) is 3.31. The number of amides is 1. The van der Waals surface area contributed by atoms with Gasteiger partial charge < -0.3 is 10.1 Å². The van der Waals surface area contributed by atoms with Gasteiger partial charge in [0.15, 0.2) is 6.10 Å². The molecule has 1 atom stereocenters. The SMILES string of the molecule is C[C@@H](Oc1ccccc1)C(=O)Nc1cccc(S(=O)(=O)N(C)C)c1. The molecule has 7 heteroatoms. The van der Waals surface area contributed by atoms with E-state index in [-0.39, 0.29) is 10.8 Å². The van der Waals surface area contributed by atoms with Crippen molar-refractivity contribution in [1.29, 1.82) is 0 Å². The Bertz CT molecular complexity index is 804. The summed E-state index contributed by atoms with van der Waals surface area (Å²) in [6, 6.07) is 15.1. The van der Waals surface area contributed by atoms with Crippen LogP contribution < -0.4 is 10.1 Å². The van der Waals surface area contributed by atoms with Crippen LogP contribution in [0.25, 0.3) is 0 Å². The minimum absolute atomic E-state index is 0.113. The summed E-state index contributed by atoms with van der Waals surface area (Å²) in [5.41, 5.74) is 0.395. The Labute approximate surface area is 142 Å². The third kappa shape index (κ3) is 4.33. The lowest BCUT2D eigenvalue weighted by Crippen LogP contribution is -2.30. The van der Waals surface area contributed by atoms with E-state index in [1.54, 1.807) is 31.2 Å². The van der Waals surface area contributed by atoms with Crippen LogP contribution in [0.4, 0.5) is 5.69 Å². The number of nitrogens with one attached hydrogen (secondary N) is 1. The molecular formula is C17H20N2O4S. The van der Waals surface area contributed by atoms with Crippen molar-refractivity contribution in [1.82, 2.24) is 4.31 Å². The Kier molecular flexibility index (Phi) is 5.58. The van der Waals surface area contributed by atoms with Gasteiger partial charge in [-0.2, -0.15) is 0 Å². The van der Waals surface area contributed by atoms with Gasteiger partial charge in [0.05, 0.1) is 4.90 Å². The van der Waals surface area contributed by atoms with Gasteiger partial charge in [0.2, 0.25) is 10.0 Å². The largest absolute Gasteiger partial charge is 0.481 e.